The van der Waals surface area contributed by atoms with Crippen LogP contribution in [0.1, 0.15) is 51.9 Å². The number of thiol groups is 1. The van der Waals surface area contributed by atoms with Gasteiger partial charge >= 0.3 is 0 Å². The van der Waals surface area contributed by atoms with Gasteiger partial charge in [-0.3, -0.25) is 0 Å². The number of aliphatic hydroxyl groups excluding tert-OH is 1. The first-order chi connectivity index (χ1) is 5.81. The van der Waals surface area contributed by atoms with Crippen LogP contribution in [-0.4, -0.2) is 17.0 Å². The molecule has 0 aliphatic rings. The molecule has 2 heteroatoms. The fraction of sp³-hybridized carbons (Fsp3) is 1.00. The van der Waals surface area contributed by atoms with Crippen LogP contribution in [0.5, 0.6) is 0 Å². The molecule has 1 unspecified atom stereocenters. The van der Waals surface area contributed by atoms with Gasteiger partial charge in [0.1, 0.15) is 0 Å². The third kappa shape index (κ3) is 8.41. The Hall–Kier alpha value is 0.310. The van der Waals surface area contributed by atoms with Crippen molar-refractivity contribution >= 4 is 12.6 Å². The zero-order chi connectivity index (χ0) is 9.23. The number of aliphatic hydroxyl groups is 1. The Kier molecular flexibility index (Phi) is 9.64. The zero-order valence-corrected chi connectivity index (χ0v) is 9.02. The summed E-state index contributed by atoms with van der Waals surface area (Å²) >= 11 is 4.02. The van der Waals surface area contributed by atoms with E-state index in [0.717, 1.165) is 12.8 Å². The highest BCUT2D eigenvalue weighted by Gasteiger charge is 1.99. The smallest absolute Gasteiger partial charge is 0.0628 e. The molecule has 1 nitrogen and oxygen atoms in total. The van der Waals surface area contributed by atoms with Crippen LogP contribution in [0, 0.1) is 0 Å². The maximum Gasteiger partial charge on any atom is 0.0628 e. The molecule has 0 aliphatic heterocycles. The summed E-state index contributed by atoms with van der Waals surface area (Å²) in [6.45, 7) is 2.23. The minimum atomic E-state index is -0.181. The van der Waals surface area contributed by atoms with Crippen LogP contribution in [-0.2, 0) is 0 Å². The molecular formula is C10H22OS. The summed E-state index contributed by atoms with van der Waals surface area (Å²) in [7, 11) is 0. The van der Waals surface area contributed by atoms with Crippen LogP contribution in [0.15, 0.2) is 0 Å². The van der Waals surface area contributed by atoms with Gasteiger partial charge in [-0.1, -0.05) is 45.4 Å². The quantitative estimate of drug-likeness (QED) is 0.445. The predicted molar refractivity (Wildman–Crippen MR) is 57.9 cm³/mol. The SMILES string of the molecule is CCCCCCCCC(O)CS. The van der Waals surface area contributed by atoms with Crippen molar-refractivity contribution < 1.29 is 5.11 Å². The monoisotopic (exact) mass is 190 g/mol. The molecule has 0 aromatic heterocycles. The van der Waals surface area contributed by atoms with Gasteiger partial charge < -0.3 is 5.11 Å². The molecule has 0 heterocycles. The second-order valence-corrected chi connectivity index (χ2v) is 3.76. The van der Waals surface area contributed by atoms with Gasteiger partial charge in [0, 0.05) is 5.75 Å². The van der Waals surface area contributed by atoms with Gasteiger partial charge in [-0.05, 0) is 6.42 Å². The summed E-state index contributed by atoms with van der Waals surface area (Å²) in [6, 6.07) is 0. The maximum absolute atomic E-state index is 9.18. The molecule has 0 fully saturated rings. The molecule has 12 heavy (non-hydrogen) atoms. The topological polar surface area (TPSA) is 20.2 Å². The van der Waals surface area contributed by atoms with E-state index in [9.17, 15) is 5.11 Å². The molecule has 0 saturated carbocycles. The summed E-state index contributed by atoms with van der Waals surface area (Å²) in [5.41, 5.74) is 0. The number of unbranched alkanes of at least 4 members (excludes halogenated alkanes) is 5. The molecule has 1 atom stereocenters. The molecule has 1 N–H and O–H groups in total. The fourth-order valence-corrected chi connectivity index (χ4v) is 1.43. The Bertz CT molecular complexity index is 85.9. The van der Waals surface area contributed by atoms with Crippen LogP contribution >= 0.6 is 12.6 Å². The summed E-state index contributed by atoms with van der Waals surface area (Å²) in [5, 5.41) is 9.18. The highest BCUT2D eigenvalue weighted by Crippen LogP contribution is 2.08. The van der Waals surface area contributed by atoms with E-state index in [4.69, 9.17) is 0 Å². The molecule has 0 rings (SSSR count). The first-order valence-electron chi connectivity index (χ1n) is 5.10. The fourth-order valence-electron chi connectivity index (χ4n) is 1.25. The average molecular weight is 190 g/mol. The van der Waals surface area contributed by atoms with Gasteiger partial charge in [0.2, 0.25) is 0 Å². The Morgan fingerprint density at radius 2 is 1.67 bits per heavy atom. The molecule has 74 valence electrons. The molecule has 0 bridgehead atoms. The van der Waals surface area contributed by atoms with Crippen molar-refractivity contribution in [1.29, 1.82) is 0 Å². The Morgan fingerprint density at radius 1 is 1.08 bits per heavy atom. The van der Waals surface area contributed by atoms with E-state index in [1.54, 1.807) is 0 Å². The van der Waals surface area contributed by atoms with Crippen LogP contribution in [0.25, 0.3) is 0 Å². The lowest BCUT2D eigenvalue weighted by Crippen LogP contribution is -2.07. The van der Waals surface area contributed by atoms with Crippen LogP contribution in [0.4, 0.5) is 0 Å². The number of hydrogen-bond donors (Lipinski definition) is 2. The van der Waals surface area contributed by atoms with Crippen molar-refractivity contribution in [3.05, 3.63) is 0 Å². The second-order valence-electron chi connectivity index (χ2n) is 3.39. The van der Waals surface area contributed by atoms with Crippen LogP contribution < -0.4 is 0 Å². The van der Waals surface area contributed by atoms with E-state index < -0.39 is 0 Å². The standard InChI is InChI=1S/C10H22OS/c1-2-3-4-5-6-7-8-10(11)9-12/h10-12H,2-9H2,1H3. The first kappa shape index (κ1) is 12.3. The molecule has 0 saturated heterocycles. The lowest BCUT2D eigenvalue weighted by atomic mass is 10.1. The van der Waals surface area contributed by atoms with Gasteiger partial charge in [-0.25, -0.2) is 0 Å². The van der Waals surface area contributed by atoms with Crippen LogP contribution in [0.2, 0.25) is 0 Å². The van der Waals surface area contributed by atoms with E-state index in [0.29, 0.717) is 5.75 Å². The van der Waals surface area contributed by atoms with Crippen molar-refractivity contribution in [1.82, 2.24) is 0 Å². The molecule has 0 spiro atoms. The highest BCUT2D eigenvalue weighted by atomic mass is 32.1. The summed E-state index contributed by atoms with van der Waals surface area (Å²) in [5.74, 6) is 0.606. The van der Waals surface area contributed by atoms with Gasteiger partial charge in [-0.15, -0.1) is 0 Å². The number of rotatable bonds is 8. The van der Waals surface area contributed by atoms with Crippen molar-refractivity contribution in [2.75, 3.05) is 5.75 Å². The van der Waals surface area contributed by atoms with Crippen molar-refractivity contribution in [2.24, 2.45) is 0 Å². The van der Waals surface area contributed by atoms with Crippen molar-refractivity contribution in [2.45, 2.75) is 58.0 Å². The molecule has 0 radical (unpaired) electrons. The van der Waals surface area contributed by atoms with E-state index in [1.807, 2.05) is 0 Å². The minimum absolute atomic E-state index is 0.181. The number of hydrogen-bond acceptors (Lipinski definition) is 2. The maximum atomic E-state index is 9.18. The summed E-state index contributed by atoms with van der Waals surface area (Å²) in [4.78, 5) is 0. The normalized spacial score (nSPS) is 13.2. The van der Waals surface area contributed by atoms with Crippen molar-refractivity contribution in [3.8, 4) is 0 Å². The Morgan fingerprint density at radius 3 is 2.25 bits per heavy atom. The molecule has 0 amide bonds. The zero-order valence-electron chi connectivity index (χ0n) is 8.13. The van der Waals surface area contributed by atoms with Gasteiger partial charge in [-0.2, -0.15) is 12.6 Å². The van der Waals surface area contributed by atoms with Gasteiger partial charge in [0.25, 0.3) is 0 Å². The predicted octanol–water partition coefficient (Wildman–Crippen LogP) is 3.03. The second kappa shape index (κ2) is 9.40. The molecular weight excluding hydrogens is 168 g/mol. The molecule has 0 aromatic rings. The van der Waals surface area contributed by atoms with E-state index in [-0.39, 0.29) is 6.10 Å². The van der Waals surface area contributed by atoms with Gasteiger partial charge in [0.15, 0.2) is 0 Å². The van der Waals surface area contributed by atoms with Gasteiger partial charge in [0.05, 0.1) is 6.10 Å². The summed E-state index contributed by atoms with van der Waals surface area (Å²) < 4.78 is 0. The van der Waals surface area contributed by atoms with Crippen LogP contribution in [0.3, 0.4) is 0 Å². The third-order valence-corrected chi connectivity index (χ3v) is 2.52. The third-order valence-electron chi connectivity index (χ3n) is 2.10. The molecule has 0 aromatic carbocycles. The Labute approximate surface area is 82.0 Å². The molecule has 0 aliphatic carbocycles. The Balaban J connectivity index is 2.90. The minimum Gasteiger partial charge on any atom is -0.392 e. The lowest BCUT2D eigenvalue weighted by Gasteiger charge is -2.05. The highest BCUT2D eigenvalue weighted by molar-refractivity contribution is 7.80. The largest absolute Gasteiger partial charge is 0.392 e. The lowest BCUT2D eigenvalue weighted by molar-refractivity contribution is 0.185. The van der Waals surface area contributed by atoms with Crippen molar-refractivity contribution in [3.63, 3.8) is 0 Å². The first-order valence-corrected chi connectivity index (χ1v) is 5.73. The van der Waals surface area contributed by atoms with E-state index in [2.05, 4.69) is 19.6 Å². The van der Waals surface area contributed by atoms with E-state index >= 15 is 0 Å². The van der Waals surface area contributed by atoms with E-state index in [1.165, 1.54) is 32.1 Å². The average Bonchev–Trinajstić information content (AvgIpc) is 2.10. The summed E-state index contributed by atoms with van der Waals surface area (Å²) in [6.07, 6.45) is 8.51.